The Hall–Kier alpha value is -2.90. The molecule has 144 valence electrons. The minimum Gasteiger partial charge on any atom is -0.370 e. The van der Waals surface area contributed by atoms with Crippen molar-refractivity contribution in [2.24, 2.45) is 16.5 Å². The number of likely N-dealkylation sites (N-methyl/N-ethyl adjacent to an activating group) is 1. The van der Waals surface area contributed by atoms with E-state index in [1.54, 1.807) is 6.07 Å². The highest BCUT2D eigenvalue weighted by Crippen LogP contribution is 2.32. The molecule has 0 spiro atoms. The number of halogens is 1. The van der Waals surface area contributed by atoms with Gasteiger partial charge in [-0.1, -0.05) is 23.7 Å². The third kappa shape index (κ3) is 3.85. The van der Waals surface area contributed by atoms with Crippen molar-refractivity contribution in [3.63, 3.8) is 0 Å². The van der Waals surface area contributed by atoms with E-state index in [1.807, 2.05) is 24.3 Å². The first kappa shape index (κ1) is 18.5. The molecule has 1 saturated heterocycles. The minimum atomic E-state index is -0.0783. The Morgan fingerprint density at radius 3 is 2.57 bits per heavy atom. The van der Waals surface area contributed by atoms with Crippen LogP contribution in [-0.4, -0.2) is 54.1 Å². The lowest BCUT2D eigenvalue weighted by molar-refractivity contribution is 0.313. The van der Waals surface area contributed by atoms with E-state index in [0.717, 1.165) is 48.3 Å². The summed E-state index contributed by atoms with van der Waals surface area (Å²) in [5.74, 6) is 0.153. The van der Waals surface area contributed by atoms with Gasteiger partial charge in [-0.05, 0) is 37.4 Å². The second-order valence-electron chi connectivity index (χ2n) is 6.91. The van der Waals surface area contributed by atoms with E-state index in [1.165, 1.54) is 5.69 Å². The molecule has 3 aromatic rings. The predicted molar refractivity (Wildman–Crippen MR) is 115 cm³/mol. The number of anilines is 1. The molecule has 0 amide bonds. The molecule has 4 rings (SSSR count). The molecule has 2 heterocycles. The summed E-state index contributed by atoms with van der Waals surface area (Å²) in [6.45, 7) is 4.08. The summed E-state index contributed by atoms with van der Waals surface area (Å²) in [7, 11) is 2.15. The van der Waals surface area contributed by atoms with Gasteiger partial charge in [0.25, 0.3) is 5.95 Å². The topological polar surface area (TPSA) is 96.7 Å². The number of aromatic nitrogens is 2. The molecule has 1 aliphatic heterocycles. The number of aliphatic imine (C=N–C) groups is 1. The van der Waals surface area contributed by atoms with Crippen LogP contribution >= 0.6 is 11.6 Å². The van der Waals surface area contributed by atoms with Gasteiger partial charge in [0.15, 0.2) is 5.96 Å². The van der Waals surface area contributed by atoms with Gasteiger partial charge < -0.3 is 21.3 Å². The first-order chi connectivity index (χ1) is 13.5. The van der Waals surface area contributed by atoms with Gasteiger partial charge in [-0.3, -0.25) is 0 Å². The Morgan fingerprint density at radius 2 is 1.82 bits per heavy atom. The molecule has 4 N–H and O–H groups in total. The van der Waals surface area contributed by atoms with E-state index >= 15 is 0 Å². The third-order valence-electron chi connectivity index (χ3n) is 4.86. The summed E-state index contributed by atoms with van der Waals surface area (Å²) in [5.41, 5.74) is 14.7. The summed E-state index contributed by atoms with van der Waals surface area (Å²) < 4.78 is 0. The average molecular weight is 396 g/mol. The summed E-state index contributed by atoms with van der Waals surface area (Å²) in [6, 6.07) is 13.9. The Kier molecular flexibility index (Phi) is 5.02. The van der Waals surface area contributed by atoms with Crippen LogP contribution in [0.25, 0.3) is 22.2 Å². The van der Waals surface area contributed by atoms with Gasteiger partial charge in [0.05, 0.1) is 11.2 Å². The van der Waals surface area contributed by atoms with Crippen LogP contribution in [0, 0.1) is 0 Å². The fourth-order valence-corrected chi connectivity index (χ4v) is 3.56. The van der Waals surface area contributed by atoms with Crippen molar-refractivity contribution in [3.8, 4) is 11.3 Å². The van der Waals surface area contributed by atoms with Crippen molar-refractivity contribution in [1.29, 1.82) is 0 Å². The maximum Gasteiger partial charge on any atom is 0.253 e. The van der Waals surface area contributed by atoms with Crippen LogP contribution in [0.5, 0.6) is 0 Å². The van der Waals surface area contributed by atoms with Crippen LogP contribution in [0.15, 0.2) is 47.5 Å². The average Bonchev–Trinajstić information content (AvgIpc) is 2.68. The highest BCUT2D eigenvalue weighted by molar-refractivity contribution is 6.31. The Morgan fingerprint density at radius 1 is 1.04 bits per heavy atom. The second kappa shape index (κ2) is 7.61. The predicted octanol–water partition coefficient (Wildman–Crippen LogP) is 2.61. The van der Waals surface area contributed by atoms with Crippen LogP contribution in [0.3, 0.4) is 0 Å². The fourth-order valence-electron chi connectivity index (χ4n) is 3.39. The van der Waals surface area contributed by atoms with E-state index in [-0.39, 0.29) is 11.9 Å². The summed E-state index contributed by atoms with van der Waals surface area (Å²) >= 11 is 6.23. The molecule has 1 aromatic heterocycles. The first-order valence-electron chi connectivity index (χ1n) is 9.10. The Labute approximate surface area is 168 Å². The Balaban J connectivity index is 1.82. The number of benzene rings is 2. The minimum absolute atomic E-state index is 0.0783. The van der Waals surface area contributed by atoms with Crippen molar-refractivity contribution in [3.05, 3.63) is 47.5 Å². The van der Waals surface area contributed by atoms with Gasteiger partial charge in [-0.15, -0.1) is 0 Å². The lowest BCUT2D eigenvalue weighted by Gasteiger charge is -2.34. The van der Waals surface area contributed by atoms with Crippen LogP contribution in [0.1, 0.15) is 0 Å². The van der Waals surface area contributed by atoms with Gasteiger partial charge in [0.2, 0.25) is 0 Å². The molecule has 0 unspecified atom stereocenters. The molecule has 7 nitrogen and oxygen atoms in total. The molecule has 0 atom stereocenters. The van der Waals surface area contributed by atoms with Crippen molar-refractivity contribution >= 4 is 40.1 Å². The lowest BCUT2D eigenvalue weighted by Crippen LogP contribution is -2.44. The summed E-state index contributed by atoms with van der Waals surface area (Å²) in [6.07, 6.45) is 0. The molecule has 1 aliphatic rings. The quantitative estimate of drug-likeness (QED) is 0.522. The van der Waals surface area contributed by atoms with Crippen molar-refractivity contribution in [2.75, 3.05) is 38.1 Å². The van der Waals surface area contributed by atoms with Gasteiger partial charge >= 0.3 is 0 Å². The van der Waals surface area contributed by atoms with E-state index in [0.29, 0.717) is 5.02 Å². The molecular formula is C20H22ClN7. The number of hydrogen-bond donors (Lipinski definition) is 2. The number of piperazine rings is 1. The molecule has 0 radical (unpaired) electrons. The van der Waals surface area contributed by atoms with Crippen molar-refractivity contribution in [2.45, 2.75) is 0 Å². The standard InChI is InChI=1S/C20H22ClN7/c1-27-7-9-28(10-8-27)15-4-2-3-13(11-15)18-16-12-14(21)5-6-17(16)24-20(25-18)26-19(22)23/h2-6,11-12H,7-10H2,1H3,(H4,22,23,24,25,26). The number of hydrogen-bond acceptors (Lipinski definition) is 5. The second-order valence-corrected chi connectivity index (χ2v) is 7.35. The van der Waals surface area contributed by atoms with E-state index in [2.05, 4.69) is 43.9 Å². The molecule has 0 saturated carbocycles. The molecule has 0 bridgehead atoms. The van der Waals surface area contributed by atoms with Crippen molar-refractivity contribution in [1.82, 2.24) is 14.9 Å². The van der Waals surface area contributed by atoms with E-state index in [9.17, 15) is 0 Å². The van der Waals surface area contributed by atoms with Gasteiger partial charge in [-0.25, -0.2) is 9.97 Å². The third-order valence-corrected chi connectivity index (χ3v) is 5.10. The summed E-state index contributed by atoms with van der Waals surface area (Å²) in [4.78, 5) is 17.8. The maximum atomic E-state index is 6.23. The maximum absolute atomic E-state index is 6.23. The number of rotatable bonds is 3. The monoisotopic (exact) mass is 395 g/mol. The van der Waals surface area contributed by atoms with Gasteiger partial charge in [0, 0.05) is 47.8 Å². The van der Waals surface area contributed by atoms with Crippen LogP contribution in [-0.2, 0) is 0 Å². The zero-order chi connectivity index (χ0) is 19.7. The fraction of sp³-hybridized carbons (Fsp3) is 0.250. The highest BCUT2D eigenvalue weighted by Gasteiger charge is 2.16. The van der Waals surface area contributed by atoms with Crippen LogP contribution < -0.4 is 16.4 Å². The van der Waals surface area contributed by atoms with Crippen LogP contribution in [0.2, 0.25) is 5.02 Å². The highest BCUT2D eigenvalue weighted by atomic mass is 35.5. The lowest BCUT2D eigenvalue weighted by atomic mass is 10.1. The smallest absolute Gasteiger partial charge is 0.253 e. The molecule has 28 heavy (non-hydrogen) atoms. The van der Waals surface area contributed by atoms with Crippen molar-refractivity contribution < 1.29 is 0 Å². The zero-order valence-electron chi connectivity index (χ0n) is 15.6. The van der Waals surface area contributed by atoms with Crippen LogP contribution in [0.4, 0.5) is 11.6 Å². The van der Waals surface area contributed by atoms with E-state index < -0.39 is 0 Å². The molecule has 1 fully saturated rings. The molecule has 0 aliphatic carbocycles. The first-order valence-corrected chi connectivity index (χ1v) is 9.48. The largest absolute Gasteiger partial charge is 0.370 e. The number of fused-ring (bicyclic) bond motifs is 1. The normalized spacial score (nSPS) is 15.0. The SMILES string of the molecule is CN1CCN(c2cccc(-c3nc(N=C(N)N)nc4ccc(Cl)cc34)c2)CC1. The molecule has 8 heteroatoms. The molecular weight excluding hydrogens is 374 g/mol. The molecule has 2 aromatic carbocycles. The summed E-state index contributed by atoms with van der Waals surface area (Å²) in [5, 5.41) is 1.49. The van der Waals surface area contributed by atoms with E-state index in [4.69, 9.17) is 23.1 Å². The Bertz CT molecular complexity index is 1040. The van der Waals surface area contributed by atoms with Gasteiger partial charge in [0.1, 0.15) is 0 Å². The number of nitrogens with zero attached hydrogens (tertiary/aromatic N) is 5. The number of guanidine groups is 1. The number of nitrogens with two attached hydrogens (primary N) is 2. The zero-order valence-corrected chi connectivity index (χ0v) is 16.4. The van der Waals surface area contributed by atoms with Gasteiger partial charge in [-0.2, -0.15) is 4.99 Å².